The summed E-state index contributed by atoms with van der Waals surface area (Å²) in [5.41, 5.74) is 0.832. The van der Waals surface area contributed by atoms with Gasteiger partial charge < -0.3 is 9.84 Å². The van der Waals surface area contributed by atoms with Crippen LogP contribution >= 0.6 is 11.3 Å². The predicted molar refractivity (Wildman–Crippen MR) is 71.0 cm³/mol. The van der Waals surface area contributed by atoms with Gasteiger partial charge in [0.15, 0.2) is 11.5 Å². The molecule has 0 aromatic carbocycles. The summed E-state index contributed by atoms with van der Waals surface area (Å²) in [6, 6.07) is 1.62. The Hall–Kier alpha value is -2.55. The molecular weight excluding hydrogens is 280 g/mol. The standard InChI is InChI=1S/C11H10N6O2S/c1-6-5-8(15-19-6)13-10(18)9-7(2)17(16-14-9)11-12-3-4-20-11/h3-5H,1-2H3,(H,13,15,18). The van der Waals surface area contributed by atoms with Crippen LogP contribution in [0.1, 0.15) is 21.9 Å². The van der Waals surface area contributed by atoms with E-state index in [0.29, 0.717) is 22.4 Å². The minimum atomic E-state index is -0.390. The van der Waals surface area contributed by atoms with Crippen LogP contribution in [0.25, 0.3) is 5.13 Å². The van der Waals surface area contributed by atoms with Crippen LogP contribution in [0, 0.1) is 13.8 Å². The van der Waals surface area contributed by atoms with Gasteiger partial charge in [-0.15, -0.1) is 16.4 Å². The maximum Gasteiger partial charge on any atom is 0.279 e. The van der Waals surface area contributed by atoms with Crippen LogP contribution < -0.4 is 5.32 Å². The zero-order valence-electron chi connectivity index (χ0n) is 10.7. The van der Waals surface area contributed by atoms with E-state index < -0.39 is 5.91 Å². The third-order valence-electron chi connectivity index (χ3n) is 2.58. The van der Waals surface area contributed by atoms with Crippen LogP contribution in [-0.2, 0) is 0 Å². The lowest BCUT2D eigenvalue weighted by Gasteiger charge is -1.99. The Kier molecular flexibility index (Phi) is 3.03. The number of carbonyl (C=O) groups is 1. The molecule has 0 atom stereocenters. The van der Waals surface area contributed by atoms with Crippen LogP contribution in [-0.4, -0.2) is 31.0 Å². The van der Waals surface area contributed by atoms with Gasteiger partial charge in [-0.3, -0.25) is 4.79 Å². The number of aryl methyl sites for hydroxylation is 1. The van der Waals surface area contributed by atoms with Crippen molar-refractivity contribution >= 4 is 23.1 Å². The fourth-order valence-electron chi connectivity index (χ4n) is 1.64. The van der Waals surface area contributed by atoms with Crippen molar-refractivity contribution in [3.8, 4) is 5.13 Å². The van der Waals surface area contributed by atoms with Crippen LogP contribution in [0.5, 0.6) is 0 Å². The molecule has 3 aromatic rings. The van der Waals surface area contributed by atoms with Crippen LogP contribution in [0.15, 0.2) is 22.2 Å². The topological polar surface area (TPSA) is 98.7 Å². The van der Waals surface area contributed by atoms with Gasteiger partial charge in [0.25, 0.3) is 5.91 Å². The minimum Gasteiger partial charge on any atom is -0.360 e. The lowest BCUT2D eigenvalue weighted by atomic mass is 10.3. The fraction of sp³-hybridized carbons (Fsp3) is 0.182. The number of nitrogens with zero attached hydrogens (tertiary/aromatic N) is 5. The number of anilines is 1. The molecule has 0 aliphatic carbocycles. The van der Waals surface area contributed by atoms with E-state index in [2.05, 4.69) is 25.8 Å². The number of nitrogens with one attached hydrogen (secondary N) is 1. The van der Waals surface area contributed by atoms with E-state index in [-0.39, 0.29) is 5.69 Å². The Morgan fingerprint density at radius 3 is 2.95 bits per heavy atom. The van der Waals surface area contributed by atoms with E-state index >= 15 is 0 Å². The molecule has 9 heteroatoms. The van der Waals surface area contributed by atoms with Crippen molar-refractivity contribution in [1.29, 1.82) is 0 Å². The van der Waals surface area contributed by atoms with Gasteiger partial charge in [0, 0.05) is 17.6 Å². The molecule has 3 heterocycles. The first-order valence-corrected chi connectivity index (χ1v) is 6.60. The highest BCUT2D eigenvalue weighted by molar-refractivity contribution is 7.12. The Balaban J connectivity index is 1.86. The second-order valence-electron chi connectivity index (χ2n) is 4.03. The summed E-state index contributed by atoms with van der Waals surface area (Å²) in [6.45, 7) is 3.50. The lowest BCUT2D eigenvalue weighted by molar-refractivity contribution is 0.102. The normalized spacial score (nSPS) is 10.7. The SMILES string of the molecule is Cc1cc(NC(=O)c2nnn(-c3nccs3)c2C)no1. The van der Waals surface area contributed by atoms with Gasteiger partial charge in [-0.2, -0.15) is 4.68 Å². The number of hydrogen-bond donors (Lipinski definition) is 1. The smallest absolute Gasteiger partial charge is 0.279 e. The molecule has 0 spiro atoms. The molecule has 0 aliphatic rings. The first-order chi connectivity index (χ1) is 9.65. The number of hydrogen-bond acceptors (Lipinski definition) is 7. The second-order valence-corrected chi connectivity index (χ2v) is 4.90. The summed E-state index contributed by atoms with van der Waals surface area (Å²) in [4.78, 5) is 16.2. The van der Waals surface area contributed by atoms with E-state index in [1.54, 1.807) is 26.1 Å². The summed E-state index contributed by atoms with van der Waals surface area (Å²) in [5, 5.41) is 16.6. The second kappa shape index (κ2) is 4.85. The molecule has 0 saturated heterocycles. The zero-order chi connectivity index (χ0) is 14.1. The minimum absolute atomic E-state index is 0.223. The first-order valence-electron chi connectivity index (χ1n) is 5.72. The highest BCUT2D eigenvalue weighted by atomic mass is 32.1. The Morgan fingerprint density at radius 1 is 1.45 bits per heavy atom. The Morgan fingerprint density at radius 2 is 2.30 bits per heavy atom. The first kappa shape index (κ1) is 12.5. The fourth-order valence-corrected chi connectivity index (χ4v) is 2.28. The highest BCUT2D eigenvalue weighted by Crippen LogP contribution is 2.15. The highest BCUT2D eigenvalue weighted by Gasteiger charge is 2.19. The van der Waals surface area contributed by atoms with Gasteiger partial charge in [-0.1, -0.05) is 10.4 Å². The molecule has 1 amide bonds. The summed E-state index contributed by atoms with van der Waals surface area (Å²) >= 11 is 1.41. The van der Waals surface area contributed by atoms with Crippen molar-refractivity contribution in [3.63, 3.8) is 0 Å². The third-order valence-corrected chi connectivity index (χ3v) is 3.33. The van der Waals surface area contributed by atoms with Crippen LogP contribution in [0.3, 0.4) is 0 Å². The van der Waals surface area contributed by atoms with Crippen LogP contribution in [0.2, 0.25) is 0 Å². The Bertz CT molecular complexity index is 745. The Labute approximate surface area is 117 Å². The monoisotopic (exact) mass is 290 g/mol. The predicted octanol–water partition coefficient (Wildman–Crippen LogP) is 1.58. The van der Waals surface area contributed by atoms with E-state index in [1.807, 2.05) is 5.38 Å². The molecule has 20 heavy (non-hydrogen) atoms. The molecule has 1 N–H and O–H groups in total. The van der Waals surface area contributed by atoms with Gasteiger partial charge in [0.1, 0.15) is 5.76 Å². The van der Waals surface area contributed by atoms with E-state index in [9.17, 15) is 4.79 Å². The van der Waals surface area contributed by atoms with Crippen molar-refractivity contribution in [2.24, 2.45) is 0 Å². The van der Waals surface area contributed by atoms with Gasteiger partial charge in [-0.05, 0) is 13.8 Å². The number of aromatic nitrogens is 5. The quantitative estimate of drug-likeness (QED) is 0.786. The molecule has 0 aliphatic heterocycles. The molecule has 3 aromatic heterocycles. The molecular formula is C11H10N6O2S. The van der Waals surface area contributed by atoms with Gasteiger partial charge in [0.05, 0.1) is 5.69 Å². The van der Waals surface area contributed by atoms with Gasteiger partial charge >= 0.3 is 0 Å². The third kappa shape index (κ3) is 2.18. The van der Waals surface area contributed by atoms with Gasteiger partial charge in [0.2, 0.25) is 5.13 Å². The summed E-state index contributed by atoms with van der Waals surface area (Å²) < 4.78 is 6.40. The van der Waals surface area contributed by atoms with Crippen LogP contribution in [0.4, 0.5) is 5.82 Å². The molecule has 102 valence electrons. The molecule has 0 radical (unpaired) electrons. The molecule has 0 saturated carbocycles. The summed E-state index contributed by atoms with van der Waals surface area (Å²) in [6.07, 6.45) is 1.67. The molecule has 8 nitrogen and oxygen atoms in total. The zero-order valence-corrected chi connectivity index (χ0v) is 11.5. The van der Waals surface area contributed by atoms with Crippen molar-refractivity contribution < 1.29 is 9.32 Å². The van der Waals surface area contributed by atoms with E-state index in [1.165, 1.54) is 16.0 Å². The maximum atomic E-state index is 12.1. The molecule has 0 bridgehead atoms. The number of carbonyl (C=O) groups excluding carboxylic acids is 1. The van der Waals surface area contributed by atoms with E-state index in [0.717, 1.165) is 0 Å². The summed E-state index contributed by atoms with van der Waals surface area (Å²) in [5.74, 6) is 0.567. The number of amides is 1. The van der Waals surface area contributed by atoms with Crippen molar-refractivity contribution in [1.82, 2.24) is 25.1 Å². The van der Waals surface area contributed by atoms with Gasteiger partial charge in [-0.25, -0.2) is 4.98 Å². The number of thiazole rings is 1. The number of rotatable bonds is 3. The largest absolute Gasteiger partial charge is 0.360 e. The van der Waals surface area contributed by atoms with E-state index in [4.69, 9.17) is 4.52 Å². The molecule has 0 unspecified atom stereocenters. The maximum absolute atomic E-state index is 12.1. The van der Waals surface area contributed by atoms with Crippen molar-refractivity contribution in [3.05, 3.63) is 34.8 Å². The average molecular weight is 290 g/mol. The molecule has 3 rings (SSSR count). The van der Waals surface area contributed by atoms with Crippen molar-refractivity contribution in [2.75, 3.05) is 5.32 Å². The van der Waals surface area contributed by atoms with Crippen molar-refractivity contribution in [2.45, 2.75) is 13.8 Å². The average Bonchev–Trinajstić information content (AvgIpc) is 3.10. The lowest BCUT2D eigenvalue weighted by Crippen LogP contribution is -2.14. The molecule has 0 fully saturated rings. The summed E-state index contributed by atoms with van der Waals surface area (Å²) in [7, 11) is 0.